The van der Waals surface area contributed by atoms with Crippen molar-refractivity contribution in [3.63, 3.8) is 0 Å². The molecule has 1 aliphatic heterocycles. The molecular formula is C17H19N5O2S. The van der Waals surface area contributed by atoms with E-state index in [9.17, 15) is 4.79 Å². The van der Waals surface area contributed by atoms with Crippen molar-refractivity contribution in [3.05, 3.63) is 40.6 Å². The number of likely N-dealkylation sites (tertiary alicyclic amines) is 1. The summed E-state index contributed by atoms with van der Waals surface area (Å²) in [5.41, 5.74) is 3.99. The minimum Gasteiger partial charge on any atom is -0.476 e. The Balaban J connectivity index is 1.30. The van der Waals surface area contributed by atoms with Crippen LogP contribution < -0.4 is 4.74 Å². The zero-order chi connectivity index (χ0) is 17.2. The summed E-state index contributed by atoms with van der Waals surface area (Å²) in [4.78, 5) is 22.6. The van der Waals surface area contributed by atoms with Gasteiger partial charge in [-0.25, -0.2) is 14.5 Å². The number of piperidine rings is 1. The van der Waals surface area contributed by atoms with Gasteiger partial charge in [0.15, 0.2) is 5.65 Å². The van der Waals surface area contributed by atoms with Crippen molar-refractivity contribution >= 4 is 22.9 Å². The molecule has 0 unspecified atom stereocenters. The summed E-state index contributed by atoms with van der Waals surface area (Å²) in [5.74, 6) is 1.07. The van der Waals surface area contributed by atoms with Crippen molar-refractivity contribution in [1.82, 2.24) is 24.5 Å². The van der Waals surface area contributed by atoms with Gasteiger partial charge in [-0.2, -0.15) is 0 Å². The fourth-order valence-corrected chi connectivity index (χ4v) is 3.57. The predicted molar refractivity (Wildman–Crippen MR) is 94.0 cm³/mol. The fraction of sp³-hybridized carbons (Fsp3) is 0.412. The lowest BCUT2D eigenvalue weighted by molar-refractivity contribution is 0.0654. The van der Waals surface area contributed by atoms with E-state index in [0.29, 0.717) is 24.1 Å². The molecule has 0 atom stereocenters. The molecule has 130 valence electrons. The van der Waals surface area contributed by atoms with E-state index in [1.807, 2.05) is 30.2 Å². The normalized spacial score (nSPS) is 15.6. The molecule has 4 rings (SSSR count). The number of hydrogen-bond donors (Lipinski definition) is 0. The molecule has 0 N–H and O–H groups in total. The van der Waals surface area contributed by atoms with Gasteiger partial charge in [-0.1, -0.05) is 0 Å². The highest BCUT2D eigenvalue weighted by atomic mass is 32.1. The summed E-state index contributed by atoms with van der Waals surface area (Å²) in [7, 11) is 0. The molecule has 1 fully saturated rings. The van der Waals surface area contributed by atoms with Crippen LogP contribution in [0.5, 0.6) is 5.88 Å². The van der Waals surface area contributed by atoms with Crippen molar-refractivity contribution in [3.8, 4) is 5.88 Å². The van der Waals surface area contributed by atoms with E-state index in [2.05, 4.69) is 15.1 Å². The van der Waals surface area contributed by atoms with E-state index in [1.165, 1.54) is 11.3 Å². The van der Waals surface area contributed by atoms with Crippen LogP contribution >= 0.6 is 11.3 Å². The van der Waals surface area contributed by atoms with Gasteiger partial charge in [0.25, 0.3) is 5.91 Å². The third-order valence-electron chi connectivity index (χ3n) is 4.44. The van der Waals surface area contributed by atoms with Gasteiger partial charge < -0.3 is 9.64 Å². The number of fused-ring (bicyclic) bond motifs is 1. The second kappa shape index (κ2) is 6.79. The van der Waals surface area contributed by atoms with Crippen LogP contribution in [0.3, 0.4) is 0 Å². The number of aryl methyl sites for hydroxylation is 1. The van der Waals surface area contributed by atoms with E-state index in [0.717, 1.165) is 37.3 Å². The minimum atomic E-state index is 0.0308. The molecule has 8 heteroatoms. The fourth-order valence-electron chi connectivity index (χ4n) is 3.05. The minimum absolute atomic E-state index is 0.0308. The van der Waals surface area contributed by atoms with Crippen molar-refractivity contribution in [1.29, 1.82) is 0 Å². The van der Waals surface area contributed by atoms with Crippen LogP contribution in [0.2, 0.25) is 0 Å². The number of carbonyl (C=O) groups excluding carboxylic acids is 1. The van der Waals surface area contributed by atoms with Crippen LogP contribution in [-0.2, 0) is 0 Å². The third kappa shape index (κ3) is 3.48. The van der Waals surface area contributed by atoms with Crippen molar-refractivity contribution in [2.75, 3.05) is 19.7 Å². The highest BCUT2D eigenvalue weighted by molar-refractivity contribution is 7.07. The number of nitrogens with zero attached hydrogens (tertiary/aromatic N) is 5. The van der Waals surface area contributed by atoms with Gasteiger partial charge >= 0.3 is 0 Å². The maximum absolute atomic E-state index is 12.3. The summed E-state index contributed by atoms with van der Waals surface area (Å²) < 4.78 is 7.59. The lowest BCUT2D eigenvalue weighted by Crippen LogP contribution is -2.39. The van der Waals surface area contributed by atoms with Gasteiger partial charge in [-0.3, -0.25) is 4.79 Å². The molecule has 3 aromatic heterocycles. The number of carbonyl (C=O) groups is 1. The van der Waals surface area contributed by atoms with Gasteiger partial charge in [0, 0.05) is 24.5 Å². The summed E-state index contributed by atoms with van der Waals surface area (Å²) in [5, 5.41) is 6.22. The summed E-state index contributed by atoms with van der Waals surface area (Å²) in [6.07, 6.45) is 3.75. The smallest absolute Gasteiger partial charge is 0.273 e. The molecular weight excluding hydrogens is 338 g/mol. The maximum atomic E-state index is 12.3. The van der Waals surface area contributed by atoms with Crippen molar-refractivity contribution < 1.29 is 9.53 Å². The van der Waals surface area contributed by atoms with Gasteiger partial charge in [0.1, 0.15) is 5.69 Å². The summed E-state index contributed by atoms with van der Waals surface area (Å²) in [6.45, 7) is 4.05. The quantitative estimate of drug-likeness (QED) is 0.717. The molecule has 0 aromatic carbocycles. The number of amides is 1. The lowest BCUT2D eigenvalue weighted by Gasteiger charge is -2.31. The van der Waals surface area contributed by atoms with E-state index < -0.39 is 0 Å². The Morgan fingerprint density at radius 2 is 2.20 bits per heavy atom. The molecule has 0 radical (unpaired) electrons. The molecule has 0 saturated carbocycles. The number of imidazole rings is 1. The lowest BCUT2D eigenvalue weighted by atomic mass is 9.97. The Kier molecular flexibility index (Phi) is 4.35. The summed E-state index contributed by atoms with van der Waals surface area (Å²) >= 11 is 1.45. The Bertz CT molecular complexity index is 868. The zero-order valence-electron chi connectivity index (χ0n) is 14.0. The Labute approximate surface area is 149 Å². The topological polar surface area (TPSA) is 72.6 Å². The second-order valence-electron chi connectivity index (χ2n) is 6.28. The van der Waals surface area contributed by atoms with Gasteiger partial charge in [0.2, 0.25) is 5.88 Å². The molecule has 1 aliphatic rings. The largest absolute Gasteiger partial charge is 0.476 e. The van der Waals surface area contributed by atoms with Gasteiger partial charge in [-0.15, -0.1) is 16.4 Å². The van der Waals surface area contributed by atoms with Crippen molar-refractivity contribution in [2.24, 2.45) is 5.92 Å². The first-order valence-electron chi connectivity index (χ1n) is 8.32. The molecule has 0 bridgehead atoms. The van der Waals surface area contributed by atoms with E-state index in [-0.39, 0.29) is 5.91 Å². The van der Waals surface area contributed by atoms with Gasteiger partial charge in [0.05, 0.1) is 24.0 Å². The van der Waals surface area contributed by atoms with Crippen LogP contribution in [0.15, 0.2) is 29.2 Å². The van der Waals surface area contributed by atoms with E-state index in [1.54, 1.807) is 15.4 Å². The Morgan fingerprint density at radius 3 is 2.96 bits per heavy atom. The first-order valence-corrected chi connectivity index (χ1v) is 9.26. The standard InChI is InChI=1S/C17H19N5O2S/c1-12-8-22-15(19-12)2-3-16(20-22)24-9-13-4-6-21(7-5-13)17(23)14-10-25-11-18-14/h2-3,8,10-11,13H,4-7,9H2,1H3. The second-order valence-corrected chi connectivity index (χ2v) is 7.00. The number of aromatic nitrogens is 4. The number of thiazole rings is 1. The molecule has 25 heavy (non-hydrogen) atoms. The zero-order valence-corrected chi connectivity index (χ0v) is 14.8. The van der Waals surface area contributed by atoms with E-state index >= 15 is 0 Å². The maximum Gasteiger partial charge on any atom is 0.273 e. The highest BCUT2D eigenvalue weighted by Gasteiger charge is 2.25. The molecule has 7 nitrogen and oxygen atoms in total. The van der Waals surface area contributed by atoms with Crippen molar-refractivity contribution in [2.45, 2.75) is 19.8 Å². The molecule has 0 spiro atoms. The predicted octanol–water partition coefficient (Wildman–Crippen LogP) is 2.43. The first kappa shape index (κ1) is 16.0. The van der Waals surface area contributed by atoms with Crippen LogP contribution in [0, 0.1) is 12.8 Å². The number of hydrogen-bond acceptors (Lipinski definition) is 6. The SMILES string of the molecule is Cc1cn2nc(OCC3CCN(C(=O)c4cscn4)CC3)ccc2n1. The van der Waals surface area contributed by atoms with Gasteiger partial charge in [-0.05, 0) is 31.7 Å². The molecule has 3 aromatic rings. The van der Waals surface area contributed by atoms with Crippen LogP contribution in [0.4, 0.5) is 0 Å². The molecule has 0 aliphatic carbocycles. The first-order chi connectivity index (χ1) is 12.2. The Morgan fingerprint density at radius 1 is 1.36 bits per heavy atom. The average molecular weight is 357 g/mol. The average Bonchev–Trinajstić information content (AvgIpc) is 3.28. The number of ether oxygens (including phenoxy) is 1. The number of rotatable bonds is 4. The highest BCUT2D eigenvalue weighted by Crippen LogP contribution is 2.20. The molecule has 1 amide bonds. The van der Waals surface area contributed by atoms with E-state index in [4.69, 9.17) is 4.74 Å². The Hall–Kier alpha value is -2.48. The van der Waals surface area contributed by atoms with Crippen LogP contribution in [0.25, 0.3) is 5.65 Å². The molecule has 4 heterocycles. The third-order valence-corrected chi connectivity index (χ3v) is 5.02. The monoisotopic (exact) mass is 357 g/mol. The van der Waals surface area contributed by atoms with Crippen LogP contribution in [0.1, 0.15) is 29.0 Å². The van der Waals surface area contributed by atoms with Crippen LogP contribution in [-0.4, -0.2) is 50.1 Å². The molecule has 1 saturated heterocycles. The summed E-state index contributed by atoms with van der Waals surface area (Å²) in [6, 6.07) is 3.76.